The lowest BCUT2D eigenvalue weighted by molar-refractivity contribution is 0.330. The van der Waals surface area contributed by atoms with Gasteiger partial charge < -0.3 is 9.80 Å². The zero-order valence-electron chi connectivity index (χ0n) is 8.50. The minimum absolute atomic E-state index is 0.501. The molecular formula is C10H14ClN3. The van der Waals surface area contributed by atoms with E-state index in [9.17, 15) is 0 Å². The van der Waals surface area contributed by atoms with Crippen LogP contribution in [0.1, 0.15) is 13.8 Å². The molecule has 1 atom stereocenters. The third-order valence-corrected chi connectivity index (χ3v) is 2.88. The van der Waals surface area contributed by atoms with Crippen LogP contribution in [-0.4, -0.2) is 34.1 Å². The number of rotatable bonds is 1. The van der Waals surface area contributed by atoms with Crippen LogP contribution in [0.4, 0.5) is 0 Å². The summed E-state index contributed by atoms with van der Waals surface area (Å²) in [7, 11) is 0. The SMILES string of the molecule is C=C1N=C(Cl)C=C2N1CC(C)N2CC. The lowest BCUT2D eigenvalue weighted by Gasteiger charge is -2.26. The molecule has 4 heteroatoms. The van der Waals surface area contributed by atoms with Crippen molar-refractivity contribution in [2.24, 2.45) is 4.99 Å². The quantitative estimate of drug-likeness (QED) is 0.661. The zero-order valence-corrected chi connectivity index (χ0v) is 9.25. The van der Waals surface area contributed by atoms with Crippen LogP contribution in [0, 0.1) is 0 Å². The lowest BCUT2D eigenvalue weighted by Crippen LogP contribution is -2.27. The molecule has 2 aliphatic heterocycles. The number of fused-ring (bicyclic) bond motifs is 1. The first-order valence-electron chi connectivity index (χ1n) is 4.82. The van der Waals surface area contributed by atoms with Crippen molar-refractivity contribution < 1.29 is 0 Å². The molecular weight excluding hydrogens is 198 g/mol. The van der Waals surface area contributed by atoms with Crippen molar-refractivity contribution in [2.75, 3.05) is 13.1 Å². The molecule has 0 aromatic heterocycles. The molecule has 0 bridgehead atoms. The molecule has 3 nitrogen and oxygen atoms in total. The normalized spacial score (nSPS) is 26.2. The molecule has 0 aliphatic carbocycles. The van der Waals surface area contributed by atoms with Crippen molar-refractivity contribution in [3.8, 4) is 0 Å². The highest BCUT2D eigenvalue weighted by molar-refractivity contribution is 6.68. The molecule has 0 spiro atoms. The molecule has 0 aromatic carbocycles. The van der Waals surface area contributed by atoms with E-state index in [1.54, 1.807) is 0 Å². The minimum Gasteiger partial charge on any atom is -0.354 e. The molecule has 1 unspecified atom stereocenters. The highest BCUT2D eigenvalue weighted by Gasteiger charge is 2.33. The first kappa shape index (κ1) is 9.59. The molecule has 2 rings (SSSR count). The molecule has 0 N–H and O–H groups in total. The van der Waals surface area contributed by atoms with E-state index in [4.69, 9.17) is 11.6 Å². The third kappa shape index (κ3) is 1.32. The maximum atomic E-state index is 5.91. The van der Waals surface area contributed by atoms with Crippen LogP contribution in [0.15, 0.2) is 29.3 Å². The maximum absolute atomic E-state index is 5.91. The number of nitrogens with zero attached hydrogens (tertiary/aromatic N) is 3. The van der Waals surface area contributed by atoms with E-state index in [1.807, 2.05) is 6.08 Å². The fourth-order valence-electron chi connectivity index (χ4n) is 2.03. The molecule has 76 valence electrons. The van der Waals surface area contributed by atoms with E-state index in [0.717, 1.165) is 24.7 Å². The van der Waals surface area contributed by atoms with E-state index in [0.29, 0.717) is 11.2 Å². The third-order valence-electron chi connectivity index (χ3n) is 2.69. The van der Waals surface area contributed by atoms with Gasteiger partial charge in [-0.05, 0) is 13.8 Å². The summed E-state index contributed by atoms with van der Waals surface area (Å²) in [6, 6.07) is 0.501. The van der Waals surface area contributed by atoms with E-state index >= 15 is 0 Å². The largest absolute Gasteiger partial charge is 0.354 e. The predicted molar refractivity (Wildman–Crippen MR) is 59.1 cm³/mol. The Balaban J connectivity index is 2.36. The second-order valence-electron chi connectivity index (χ2n) is 3.60. The van der Waals surface area contributed by atoms with Crippen LogP contribution in [0.25, 0.3) is 0 Å². The highest BCUT2D eigenvalue weighted by atomic mass is 35.5. The second-order valence-corrected chi connectivity index (χ2v) is 3.99. The summed E-state index contributed by atoms with van der Waals surface area (Å²) in [5, 5.41) is 0.522. The molecule has 0 aromatic rings. The maximum Gasteiger partial charge on any atom is 0.135 e. The van der Waals surface area contributed by atoms with Gasteiger partial charge in [-0.25, -0.2) is 4.99 Å². The molecule has 0 amide bonds. The summed E-state index contributed by atoms with van der Waals surface area (Å²) < 4.78 is 0. The first-order chi connectivity index (χ1) is 6.63. The molecule has 14 heavy (non-hydrogen) atoms. The monoisotopic (exact) mass is 211 g/mol. The van der Waals surface area contributed by atoms with Gasteiger partial charge in [0.05, 0.1) is 0 Å². The van der Waals surface area contributed by atoms with Gasteiger partial charge in [-0.3, -0.25) is 0 Å². The Labute approximate surface area is 89.4 Å². The Bertz CT molecular complexity index is 332. The van der Waals surface area contributed by atoms with Gasteiger partial charge in [0.1, 0.15) is 16.8 Å². The van der Waals surface area contributed by atoms with Gasteiger partial charge >= 0.3 is 0 Å². The average molecular weight is 212 g/mol. The number of allylic oxidation sites excluding steroid dienone is 1. The Morgan fingerprint density at radius 1 is 1.71 bits per heavy atom. The van der Waals surface area contributed by atoms with Crippen molar-refractivity contribution in [2.45, 2.75) is 19.9 Å². The molecule has 0 radical (unpaired) electrons. The zero-order chi connectivity index (χ0) is 10.3. The van der Waals surface area contributed by atoms with Crippen molar-refractivity contribution in [3.63, 3.8) is 0 Å². The molecule has 0 saturated carbocycles. The summed E-state index contributed by atoms with van der Waals surface area (Å²) in [6.45, 7) is 10.2. The molecule has 2 aliphatic rings. The van der Waals surface area contributed by atoms with Gasteiger partial charge in [0, 0.05) is 25.2 Å². The number of halogens is 1. The second kappa shape index (κ2) is 3.31. The Morgan fingerprint density at radius 3 is 3.07 bits per heavy atom. The van der Waals surface area contributed by atoms with Crippen LogP contribution in [0.5, 0.6) is 0 Å². The Morgan fingerprint density at radius 2 is 2.43 bits per heavy atom. The Hall–Kier alpha value is -0.960. The van der Waals surface area contributed by atoms with Crippen molar-refractivity contribution in [1.29, 1.82) is 0 Å². The number of aliphatic imine (C=N–C) groups is 1. The van der Waals surface area contributed by atoms with E-state index in [2.05, 4.69) is 35.2 Å². The van der Waals surface area contributed by atoms with Crippen molar-refractivity contribution in [1.82, 2.24) is 9.80 Å². The summed E-state index contributed by atoms with van der Waals surface area (Å²) in [5.74, 6) is 1.88. The highest BCUT2D eigenvalue weighted by Crippen LogP contribution is 2.30. The van der Waals surface area contributed by atoms with Gasteiger partial charge in [-0.15, -0.1) is 0 Å². The fraction of sp³-hybridized carbons (Fsp3) is 0.500. The van der Waals surface area contributed by atoms with Gasteiger partial charge in [0.25, 0.3) is 0 Å². The number of likely N-dealkylation sites (N-methyl/N-ethyl adjacent to an activating group) is 1. The van der Waals surface area contributed by atoms with E-state index in [-0.39, 0.29) is 0 Å². The minimum atomic E-state index is 0.501. The van der Waals surface area contributed by atoms with Gasteiger partial charge in [-0.1, -0.05) is 18.2 Å². The van der Waals surface area contributed by atoms with Crippen LogP contribution < -0.4 is 0 Å². The van der Waals surface area contributed by atoms with Crippen LogP contribution in [0.2, 0.25) is 0 Å². The fourth-order valence-corrected chi connectivity index (χ4v) is 2.23. The van der Waals surface area contributed by atoms with Crippen molar-refractivity contribution in [3.05, 3.63) is 24.3 Å². The number of hydrogen-bond donors (Lipinski definition) is 0. The summed E-state index contributed by atoms with van der Waals surface area (Å²) >= 11 is 5.91. The predicted octanol–water partition coefficient (Wildman–Crippen LogP) is 1.98. The smallest absolute Gasteiger partial charge is 0.135 e. The Kier molecular flexibility index (Phi) is 2.27. The van der Waals surface area contributed by atoms with E-state index in [1.165, 1.54) is 0 Å². The van der Waals surface area contributed by atoms with Crippen LogP contribution >= 0.6 is 11.6 Å². The lowest BCUT2D eigenvalue weighted by atomic mass is 10.3. The standard InChI is InChI=1S/C10H14ClN3/c1-4-13-7(2)6-14-8(3)12-9(11)5-10(13)14/h5,7H,3-4,6H2,1-2H3. The van der Waals surface area contributed by atoms with E-state index < -0.39 is 0 Å². The summed E-state index contributed by atoms with van der Waals surface area (Å²) in [5.41, 5.74) is 0. The molecule has 1 saturated heterocycles. The van der Waals surface area contributed by atoms with Gasteiger partial charge in [-0.2, -0.15) is 0 Å². The first-order valence-corrected chi connectivity index (χ1v) is 5.20. The van der Waals surface area contributed by atoms with Crippen molar-refractivity contribution >= 4 is 16.8 Å². The number of hydrogen-bond acceptors (Lipinski definition) is 3. The molecule has 1 fully saturated rings. The van der Waals surface area contributed by atoms with Gasteiger partial charge in [0.2, 0.25) is 0 Å². The molecule has 2 heterocycles. The topological polar surface area (TPSA) is 18.8 Å². The van der Waals surface area contributed by atoms with Crippen LogP contribution in [-0.2, 0) is 0 Å². The summed E-state index contributed by atoms with van der Waals surface area (Å²) in [6.07, 6.45) is 1.91. The average Bonchev–Trinajstić information content (AvgIpc) is 2.41. The summed E-state index contributed by atoms with van der Waals surface area (Å²) in [4.78, 5) is 8.56. The van der Waals surface area contributed by atoms with Gasteiger partial charge in [0.15, 0.2) is 0 Å². The van der Waals surface area contributed by atoms with Crippen LogP contribution in [0.3, 0.4) is 0 Å².